The minimum absolute atomic E-state index is 0.180. The summed E-state index contributed by atoms with van der Waals surface area (Å²) in [4.78, 5) is 4.41. The van der Waals surface area contributed by atoms with Gasteiger partial charge in [-0.1, -0.05) is 0 Å². The third kappa shape index (κ3) is 4.82. The molecule has 0 aliphatic heterocycles. The quantitative estimate of drug-likeness (QED) is 0.657. The first-order valence-corrected chi connectivity index (χ1v) is 7.60. The molecule has 0 atom stereocenters. The number of hydrogen-bond acceptors (Lipinski definition) is 2. The molecule has 0 spiro atoms. The Labute approximate surface area is 126 Å². The molecule has 0 saturated carbocycles. The number of halogens is 2. The third-order valence-corrected chi connectivity index (χ3v) is 3.53. The van der Waals surface area contributed by atoms with Crippen molar-refractivity contribution in [2.75, 3.05) is 6.54 Å². The molecule has 112 valence electrons. The van der Waals surface area contributed by atoms with E-state index in [9.17, 15) is 8.78 Å². The average Bonchev–Trinajstić information content (AvgIpc) is 2.98. The van der Waals surface area contributed by atoms with E-state index in [-0.39, 0.29) is 12.1 Å². The Hall–Kier alpha value is -1.95. The van der Waals surface area contributed by atoms with Crippen LogP contribution in [-0.4, -0.2) is 12.5 Å². The molecule has 3 nitrogen and oxygen atoms in total. The zero-order valence-corrected chi connectivity index (χ0v) is 12.5. The summed E-state index contributed by atoms with van der Waals surface area (Å²) in [5, 5.41) is 10.1. The van der Waals surface area contributed by atoms with Crippen LogP contribution in [0.5, 0.6) is 0 Å². The number of aliphatic imine (C=N–C) groups is 1. The van der Waals surface area contributed by atoms with E-state index in [0.717, 1.165) is 17.7 Å². The van der Waals surface area contributed by atoms with E-state index in [1.807, 2.05) is 23.8 Å². The van der Waals surface area contributed by atoms with Crippen LogP contribution in [-0.2, 0) is 13.1 Å². The molecule has 1 aromatic heterocycles. The van der Waals surface area contributed by atoms with E-state index >= 15 is 0 Å². The third-order valence-electron chi connectivity index (χ3n) is 2.80. The topological polar surface area (TPSA) is 36.4 Å². The van der Waals surface area contributed by atoms with Gasteiger partial charge in [-0.05, 0) is 47.5 Å². The van der Waals surface area contributed by atoms with Crippen LogP contribution in [0.25, 0.3) is 0 Å². The molecule has 0 saturated heterocycles. The predicted molar refractivity (Wildman–Crippen MR) is 82.3 cm³/mol. The van der Waals surface area contributed by atoms with E-state index < -0.39 is 11.6 Å². The van der Waals surface area contributed by atoms with E-state index in [4.69, 9.17) is 0 Å². The summed E-state index contributed by atoms with van der Waals surface area (Å²) in [6.07, 6.45) is 0. The van der Waals surface area contributed by atoms with Crippen LogP contribution in [0.2, 0.25) is 0 Å². The Morgan fingerprint density at radius 3 is 2.81 bits per heavy atom. The zero-order valence-electron chi connectivity index (χ0n) is 11.7. The molecule has 0 aliphatic carbocycles. The Morgan fingerprint density at radius 1 is 1.24 bits per heavy atom. The summed E-state index contributed by atoms with van der Waals surface area (Å²) in [5.41, 5.74) is 1.39. The first kappa shape index (κ1) is 15.4. The van der Waals surface area contributed by atoms with Crippen molar-refractivity contribution in [2.45, 2.75) is 20.0 Å². The van der Waals surface area contributed by atoms with E-state index in [2.05, 4.69) is 15.6 Å². The molecule has 2 rings (SSSR count). The molecule has 2 N–H and O–H groups in total. The fraction of sp³-hybridized carbons (Fsp3) is 0.267. The SMILES string of the molecule is CCNC(=NCc1ccsc1)NCc1cc(F)ccc1F. The number of nitrogens with zero attached hydrogens (tertiary/aromatic N) is 1. The molecule has 0 fully saturated rings. The average molecular weight is 309 g/mol. The number of hydrogen-bond donors (Lipinski definition) is 2. The number of rotatable bonds is 5. The largest absolute Gasteiger partial charge is 0.357 e. The van der Waals surface area contributed by atoms with Gasteiger partial charge in [-0.25, -0.2) is 13.8 Å². The van der Waals surface area contributed by atoms with Crippen LogP contribution >= 0.6 is 11.3 Å². The Bertz CT molecular complexity index is 597. The highest BCUT2D eigenvalue weighted by Gasteiger charge is 2.05. The van der Waals surface area contributed by atoms with Crippen LogP contribution in [0, 0.1) is 11.6 Å². The summed E-state index contributed by atoms with van der Waals surface area (Å²) in [7, 11) is 0. The van der Waals surface area contributed by atoms with Gasteiger partial charge in [0.1, 0.15) is 11.6 Å². The van der Waals surface area contributed by atoms with Gasteiger partial charge in [0.2, 0.25) is 0 Å². The molecule has 1 heterocycles. The number of thiophene rings is 1. The maximum absolute atomic E-state index is 13.5. The number of benzene rings is 1. The van der Waals surface area contributed by atoms with Crippen LogP contribution in [0.1, 0.15) is 18.1 Å². The van der Waals surface area contributed by atoms with E-state index in [1.165, 1.54) is 6.07 Å². The maximum Gasteiger partial charge on any atom is 0.191 e. The van der Waals surface area contributed by atoms with Crippen molar-refractivity contribution < 1.29 is 8.78 Å². The van der Waals surface area contributed by atoms with Gasteiger partial charge in [-0.3, -0.25) is 0 Å². The highest BCUT2D eigenvalue weighted by molar-refractivity contribution is 7.07. The molecule has 21 heavy (non-hydrogen) atoms. The van der Waals surface area contributed by atoms with E-state index in [0.29, 0.717) is 19.0 Å². The second-order valence-corrected chi connectivity index (χ2v) is 5.20. The van der Waals surface area contributed by atoms with Gasteiger partial charge >= 0.3 is 0 Å². The fourth-order valence-electron chi connectivity index (χ4n) is 1.75. The summed E-state index contributed by atoms with van der Waals surface area (Å²) < 4.78 is 26.7. The highest BCUT2D eigenvalue weighted by Crippen LogP contribution is 2.09. The van der Waals surface area contributed by atoms with Gasteiger partial charge in [0.05, 0.1) is 6.54 Å². The standard InChI is InChI=1S/C15H17F2N3S/c1-2-18-15(19-8-11-5-6-21-10-11)20-9-12-7-13(16)3-4-14(12)17/h3-7,10H,2,8-9H2,1H3,(H2,18,19,20). The van der Waals surface area contributed by atoms with Crippen LogP contribution in [0.4, 0.5) is 8.78 Å². The zero-order chi connectivity index (χ0) is 15.1. The van der Waals surface area contributed by atoms with E-state index in [1.54, 1.807) is 11.3 Å². The van der Waals surface area contributed by atoms with Crippen molar-refractivity contribution in [3.63, 3.8) is 0 Å². The molecule has 2 aromatic rings. The molecular weight excluding hydrogens is 292 g/mol. The Balaban J connectivity index is 1.99. The van der Waals surface area contributed by atoms with Crippen molar-refractivity contribution >= 4 is 17.3 Å². The molecule has 1 aromatic carbocycles. The Morgan fingerprint density at radius 2 is 2.10 bits per heavy atom. The molecule has 0 aliphatic rings. The minimum atomic E-state index is -0.451. The normalized spacial score (nSPS) is 11.5. The minimum Gasteiger partial charge on any atom is -0.357 e. The second-order valence-electron chi connectivity index (χ2n) is 4.42. The smallest absolute Gasteiger partial charge is 0.191 e. The number of guanidine groups is 1. The van der Waals surface area contributed by atoms with Gasteiger partial charge in [0, 0.05) is 18.7 Å². The summed E-state index contributed by atoms with van der Waals surface area (Å²) in [6, 6.07) is 5.42. The molecule has 0 amide bonds. The van der Waals surface area contributed by atoms with Crippen molar-refractivity contribution in [1.29, 1.82) is 0 Å². The lowest BCUT2D eigenvalue weighted by Gasteiger charge is -2.11. The van der Waals surface area contributed by atoms with Crippen molar-refractivity contribution in [3.8, 4) is 0 Å². The predicted octanol–water partition coefficient (Wildman–Crippen LogP) is 3.28. The second kappa shape index (κ2) is 7.73. The molecular formula is C15H17F2N3S. The van der Waals surface area contributed by atoms with Crippen LogP contribution in [0.15, 0.2) is 40.0 Å². The first-order chi connectivity index (χ1) is 10.2. The van der Waals surface area contributed by atoms with Crippen LogP contribution in [0.3, 0.4) is 0 Å². The molecule has 0 bridgehead atoms. The maximum atomic E-state index is 13.5. The Kier molecular flexibility index (Phi) is 5.68. The lowest BCUT2D eigenvalue weighted by Crippen LogP contribution is -2.37. The number of nitrogens with one attached hydrogen (secondary N) is 2. The lowest BCUT2D eigenvalue weighted by atomic mass is 10.2. The van der Waals surface area contributed by atoms with Crippen molar-refractivity contribution in [2.24, 2.45) is 4.99 Å². The van der Waals surface area contributed by atoms with Crippen molar-refractivity contribution in [3.05, 3.63) is 57.8 Å². The van der Waals surface area contributed by atoms with Gasteiger partial charge in [-0.15, -0.1) is 0 Å². The molecule has 6 heteroatoms. The van der Waals surface area contributed by atoms with Crippen LogP contribution < -0.4 is 10.6 Å². The summed E-state index contributed by atoms with van der Waals surface area (Å²) in [5.74, 6) is -0.307. The summed E-state index contributed by atoms with van der Waals surface area (Å²) >= 11 is 1.62. The summed E-state index contributed by atoms with van der Waals surface area (Å²) in [6.45, 7) is 3.37. The molecule has 0 radical (unpaired) electrons. The fourth-order valence-corrected chi connectivity index (χ4v) is 2.41. The molecule has 0 unspecified atom stereocenters. The van der Waals surface area contributed by atoms with Gasteiger partial charge in [0.25, 0.3) is 0 Å². The monoisotopic (exact) mass is 309 g/mol. The van der Waals surface area contributed by atoms with Gasteiger partial charge in [-0.2, -0.15) is 11.3 Å². The van der Waals surface area contributed by atoms with Gasteiger partial charge < -0.3 is 10.6 Å². The van der Waals surface area contributed by atoms with Gasteiger partial charge in [0.15, 0.2) is 5.96 Å². The lowest BCUT2D eigenvalue weighted by molar-refractivity contribution is 0.581. The van der Waals surface area contributed by atoms with Crippen molar-refractivity contribution in [1.82, 2.24) is 10.6 Å². The first-order valence-electron chi connectivity index (χ1n) is 6.66. The highest BCUT2D eigenvalue weighted by atomic mass is 32.1.